The molecule has 12 nitrogen and oxygen atoms in total. The van der Waals surface area contributed by atoms with Crippen molar-refractivity contribution in [2.24, 2.45) is 28.6 Å². The summed E-state index contributed by atoms with van der Waals surface area (Å²) in [6, 6.07) is -3.54. The van der Waals surface area contributed by atoms with Crippen LogP contribution in [0.1, 0.15) is 107 Å². The van der Waals surface area contributed by atoms with Gasteiger partial charge in [-0.25, -0.2) is 13.2 Å². The molecule has 276 valence electrons. The number of hydrogen-bond acceptors (Lipinski definition) is 7. The summed E-state index contributed by atoms with van der Waals surface area (Å²) in [5, 5.41) is 11.2. The minimum Gasteiger partial charge on any atom is -0.346 e. The number of hydrogen-bond donors (Lipinski definition) is 4. The number of urea groups is 1. The van der Waals surface area contributed by atoms with Gasteiger partial charge in [0.05, 0.1) is 22.1 Å². The third-order valence-electron chi connectivity index (χ3n) is 11.3. The van der Waals surface area contributed by atoms with Gasteiger partial charge < -0.3 is 26.2 Å². The zero-order valence-electron chi connectivity index (χ0n) is 30.7. The van der Waals surface area contributed by atoms with Crippen LogP contribution in [0.4, 0.5) is 4.79 Å². The van der Waals surface area contributed by atoms with E-state index in [2.05, 4.69) is 41.7 Å². The summed E-state index contributed by atoms with van der Waals surface area (Å²) in [4.78, 5) is 69.6. The van der Waals surface area contributed by atoms with Gasteiger partial charge in [-0.15, -0.1) is 6.58 Å². The fraction of sp³-hybridized carbons (Fsp3) is 0.806. The minimum absolute atomic E-state index is 0.0585. The molecule has 3 aliphatic carbocycles. The first-order valence-corrected chi connectivity index (χ1v) is 19.5. The fourth-order valence-corrected chi connectivity index (χ4v) is 9.26. The van der Waals surface area contributed by atoms with Crippen LogP contribution in [0, 0.1) is 28.6 Å². The van der Waals surface area contributed by atoms with E-state index in [-0.39, 0.29) is 35.5 Å². The summed E-state index contributed by atoms with van der Waals surface area (Å²) in [6.45, 7) is 18.6. The Morgan fingerprint density at radius 1 is 0.959 bits per heavy atom. The van der Waals surface area contributed by atoms with Gasteiger partial charge in [0.25, 0.3) is 5.91 Å². The van der Waals surface area contributed by atoms with Gasteiger partial charge in [-0.3, -0.25) is 19.2 Å². The molecule has 4 fully saturated rings. The molecule has 0 aromatic carbocycles. The van der Waals surface area contributed by atoms with Crippen LogP contribution < -0.4 is 21.3 Å². The van der Waals surface area contributed by atoms with Gasteiger partial charge in [0.15, 0.2) is 9.84 Å². The number of carbonyl (C=O) groups excluding carboxylic acids is 5. The zero-order valence-corrected chi connectivity index (χ0v) is 31.6. The monoisotopic (exact) mass is 705 g/mol. The number of ketones is 1. The van der Waals surface area contributed by atoms with Crippen LogP contribution in [0.2, 0.25) is 0 Å². The van der Waals surface area contributed by atoms with Crippen molar-refractivity contribution in [3.8, 4) is 0 Å². The normalized spacial score (nSPS) is 25.6. The highest BCUT2D eigenvalue weighted by atomic mass is 32.2. The molecule has 4 rings (SSSR count). The summed E-state index contributed by atoms with van der Waals surface area (Å²) in [5.41, 5.74) is -1.92. The van der Waals surface area contributed by atoms with Crippen molar-refractivity contribution in [1.82, 2.24) is 26.2 Å². The summed E-state index contributed by atoms with van der Waals surface area (Å²) in [5.74, 6) is -2.44. The summed E-state index contributed by atoms with van der Waals surface area (Å²) < 4.78 is 25.6. The lowest BCUT2D eigenvalue weighted by atomic mass is 9.83. The molecule has 4 N–H and O–H groups in total. The highest BCUT2D eigenvalue weighted by Crippen LogP contribution is 2.65. The van der Waals surface area contributed by atoms with E-state index in [1.54, 1.807) is 20.8 Å². The van der Waals surface area contributed by atoms with E-state index in [0.717, 1.165) is 32.1 Å². The number of amides is 5. The SMILES string of the molecule is C=CCNC(=O)C(=O)[C@H](CC1CC1)NC(=O)[C@@H]1[C@@H]2C(CN1C(=O)[C@@H](NC(=O)NC1(CS(=O)(=O)C(C)(C)C)CCCCC1)C(C)(C)C)C2(C)C. The van der Waals surface area contributed by atoms with E-state index in [1.807, 2.05) is 20.8 Å². The lowest BCUT2D eigenvalue weighted by Gasteiger charge is -2.41. The Hall–Kier alpha value is -2.96. The van der Waals surface area contributed by atoms with Crippen molar-refractivity contribution in [2.45, 2.75) is 135 Å². The van der Waals surface area contributed by atoms with Crippen LogP contribution >= 0.6 is 0 Å². The third-order valence-corrected chi connectivity index (χ3v) is 14.1. The number of sulfone groups is 1. The van der Waals surface area contributed by atoms with Gasteiger partial charge in [-0.1, -0.05) is 72.8 Å². The molecule has 0 aromatic rings. The van der Waals surface area contributed by atoms with Crippen LogP contribution in [0.15, 0.2) is 12.7 Å². The van der Waals surface area contributed by atoms with Crippen LogP contribution in [0.5, 0.6) is 0 Å². The first-order valence-electron chi connectivity index (χ1n) is 17.9. The highest BCUT2D eigenvalue weighted by Gasteiger charge is 2.70. The van der Waals surface area contributed by atoms with Crippen molar-refractivity contribution in [1.29, 1.82) is 0 Å². The maximum absolute atomic E-state index is 14.5. The quantitative estimate of drug-likeness (QED) is 0.168. The first-order chi connectivity index (χ1) is 22.5. The second-order valence-corrected chi connectivity index (χ2v) is 20.3. The standard InChI is InChI=1S/C36H59N5O7S/c1-10-18-37-30(44)27(42)24(19-22-14-15-22)38-29(43)26-25-23(35(25,8)9)20-41(26)31(45)28(33(2,3)4)39-32(46)40-36(16-12-11-13-17-36)21-49(47,48)34(5,6)7/h10,22-26,28H,1,11-21H2,2-9H3,(H,37,44)(H,38,43)(H2,39,40,46)/t23?,24-,25-,26-,28+/m0/s1. The molecule has 1 heterocycles. The van der Waals surface area contributed by atoms with Gasteiger partial charge in [0, 0.05) is 13.1 Å². The average molecular weight is 706 g/mol. The molecule has 4 aliphatic rings. The topological polar surface area (TPSA) is 171 Å². The Bertz CT molecular complexity index is 1430. The lowest BCUT2D eigenvalue weighted by Crippen LogP contribution is -2.64. The molecular formula is C36H59N5O7S. The molecule has 1 saturated heterocycles. The van der Waals surface area contributed by atoms with Gasteiger partial charge in [-0.05, 0) is 68.6 Å². The maximum Gasteiger partial charge on any atom is 0.315 e. The number of nitrogens with zero attached hydrogens (tertiary/aromatic N) is 1. The van der Waals surface area contributed by atoms with E-state index in [9.17, 15) is 32.4 Å². The molecule has 0 spiro atoms. The molecule has 3 saturated carbocycles. The summed E-state index contributed by atoms with van der Waals surface area (Å²) in [7, 11) is -3.56. The van der Waals surface area contributed by atoms with Crippen LogP contribution in [-0.4, -0.2) is 90.1 Å². The van der Waals surface area contributed by atoms with Crippen LogP contribution in [0.3, 0.4) is 0 Å². The van der Waals surface area contributed by atoms with E-state index < -0.39 is 73.2 Å². The second-order valence-electron chi connectivity index (χ2n) is 17.6. The predicted octanol–water partition coefficient (Wildman–Crippen LogP) is 3.26. The predicted molar refractivity (Wildman–Crippen MR) is 188 cm³/mol. The molecule has 5 atom stereocenters. The van der Waals surface area contributed by atoms with E-state index in [1.165, 1.54) is 11.0 Å². The Balaban J connectivity index is 1.55. The third kappa shape index (κ3) is 8.68. The van der Waals surface area contributed by atoms with Crippen molar-refractivity contribution >= 4 is 39.4 Å². The van der Waals surface area contributed by atoms with Crippen molar-refractivity contribution in [3.63, 3.8) is 0 Å². The molecule has 1 unspecified atom stereocenters. The number of rotatable bonds is 13. The summed E-state index contributed by atoms with van der Waals surface area (Å²) in [6.07, 6.45) is 7.21. The minimum atomic E-state index is -3.56. The van der Waals surface area contributed by atoms with Gasteiger partial charge >= 0.3 is 6.03 Å². The second kappa shape index (κ2) is 14.0. The Labute approximate surface area is 292 Å². The zero-order chi connectivity index (χ0) is 36.7. The Morgan fingerprint density at radius 3 is 2.10 bits per heavy atom. The van der Waals surface area contributed by atoms with Crippen molar-refractivity contribution in [3.05, 3.63) is 12.7 Å². The number of likely N-dealkylation sites (tertiary alicyclic amines) is 1. The molecule has 13 heteroatoms. The number of fused-ring (bicyclic) bond motifs is 1. The molecule has 0 aromatic heterocycles. The van der Waals surface area contributed by atoms with Crippen LogP contribution in [0.25, 0.3) is 0 Å². The average Bonchev–Trinajstić information content (AvgIpc) is 3.84. The van der Waals surface area contributed by atoms with Crippen molar-refractivity contribution in [2.75, 3.05) is 18.8 Å². The van der Waals surface area contributed by atoms with Crippen LogP contribution in [-0.2, 0) is 29.0 Å². The number of nitrogens with one attached hydrogen (secondary N) is 4. The van der Waals surface area contributed by atoms with E-state index in [0.29, 0.717) is 25.8 Å². The van der Waals surface area contributed by atoms with Gasteiger partial charge in [0.1, 0.15) is 12.1 Å². The van der Waals surface area contributed by atoms with Gasteiger partial charge in [0.2, 0.25) is 17.6 Å². The molecule has 5 amide bonds. The maximum atomic E-state index is 14.5. The van der Waals surface area contributed by atoms with Gasteiger partial charge in [-0.2, -0.15) is 0 Å². The molecule has 0 radical (unpaired) electrons. The molecule has 0 bridgehead atoms. The first kappa shape index (κ1) is 38.8. The number of piperidine rings is 1. The smallest absolute Gasteiger partial charge is 0.315 e. The number of Topliss-reactive ketones (excluding diaryl/α,β-unsaturated/α-hetero) is 1. The van der Waals surface area contributed by atoms with Crippen molar-refractivity contribution < 1.29 is 32.4 Å². The largest absolute Gasteiger partial charge is 0.346 e. The number of carbonyl (C=O) groups is 5. The van der Waals surface area contributed by atoms with E-state index >= 15 is 0 Å². The van der Waals surface area contributed by atoms with E-state index in [4.69, 9.17) is 0 Å². The molecule has 1 aliphatic heterocycles. The Morgan fingerprint density at radius 2 is 1.57 bits per heavy atom. The summed E-state index contributed by atoms with van der Waals surface area (Å²) >= 11 is 0. The Kier molecular flexibility index (Phi) is 11.1. The highest BCUT2D eigenvalue weighted by molar-refractivity contribution is 7.92. The fourth-order valence-electron chi connectivity index (χ4n) is 7.74. The molecule has 49 heavy (non-hydrogen) atoms. The lowest BCUT2D eigenvalue weighted by molar-refractivity contribution is -0.145. The molecular weight excluding hydrogens is 646 g/mol.